The summed E-state index contributed by atoms with van der Waals surface area (Å²) in [5, 5.41) is 9.86. The van der Waals surface area contributed by atoms with Crippen LogP contribution in [0.15, 0.2) is 186 Å². The molecule has 0 atom stereocenters. The molecule has 0 bridgehead atoms. The lowest BCUT2D eigenvalue weighted by Crippen LogP contribution is -1.92. The van der Waals surface area contributed by atoms with Gasteiger partial charge in [0.1, 0.15) is 11.2 Å². The van der Waals surface area contributed by atoms with Crippen LogP contribution >= 0.6 is 0 Å². The smallest absolute Gasteiger partial charge is 0.136 e. The average molecular weight is 623 g/mol. The van der Waals surface area contributed by atoms with E-state index in [1.165, 1.54) is 76.8 Å². The maximum atomic E-state index is 6.33. The Hall–Kier alpha value is -6.44. The van der Waals surface area contributed by atoms with Crippen LogP contribution in [0.2, 0.25) is 0 Å². The minimum Gasteiger partial charge on any atom is -0.456 e. The first-order valence-corrected chi connectivity index (χ1v) is 16.9. The molecule has 0 saturated carbocycles. The lowest BCUT2D eigenvalue weighted by molar-refractivity contribution is 0.669. The second-order valence-electron chi connectivity index (χ2n) is 12.8. The van der Waals surface area contributed by atoms with Gasteiger partial charge < -0.3 is 4.42 Å². The molecule has 1 aromatic heterocycles. The minimum absolute atomic E-state index is 0.907. The molecule has 228 valence electrons. The highest BCUT2D eigenvalue weighted by Crippen LogP contribution is 2.47. The highest BCUT2D eigenvalue weighted by atomic mass is 16.3. The standard InChI is InChI=1S/C48H30O/c1-2-14-33(15-3-1)46-36(29-30-44-48(46)42-22-10-11-24-43(42)49-44)32-25-27-34(28-26-32)45-38-18-6-8-20-40(38)47(41-21-9-7-19-39(41)45)37-23-12-16-31-13-4-5-17-35(31)37/h1-30H. The van der Waals surface area contributed by atoms with Crippen molar-refractivity contribution in [2.24, 2.45) is 0 Å². The molecular formula is C48H30O. The summed E-state index contributed by atoms with van der Waals surface area (Å²) in [7, 11) is 0. The largest absolute Gasteiger partial charge is 0.456 e. The molecule has 0 fully saturated rings. The summed E-state index contributed by atoms with van der Waals surface area (Å²) in [4.78, 5) is 0. The zero-order valence-electron chi connectivity index (χ0n) is 26.7. The van der Waals surface area contributed by atoms with Gasteiger partial charge in [0.15, 0.2) is 0 Å². The van der Waals surface area contributed by atoms with Gasteiger partial charge in [-0.05, 0) is 83.4 Å². The highest BCUT2D eigenvalue weighted by molar-refractivity contribution is 6.23. The van der Waals surface area contributed by atoms with E-state index in [0.29, 0.717) is 0 Å². The minimum atomic E-state index is 0.907. The van der Waals surface area contributed by atoms with Crippen molar-refractivity contribution >= 4 is 54.3 Å². The Morgan fingerprint density at radius 1 is 0.265 bits per heavy atom. The van der Waals surface area contributed by atoms with E-state index in [-0.39, 0.29) is 0 Å². The maximum absolute atomic E-state index is 6.33. The summed E-state index contributed by atoms with van der Waals surface area (Å²) in [6.45, 7) is 0. The summed E-state index contributed by atoms with van der Waals surface area (Å²) in [6, 6.07) is 65.7. The molecule has 1 heterocycles. The Labute approximate surface area is 284 Å². The van der Waals surface area contributed by atoms with Gasteiger partial charge in [0.25, 0.3) is 0 Å². The Morgan fingerprint density at radius 3 is 1.51 bits per heavy atom. The van der Waals surface area contributed by atoms with Gasteiger partial charge in [0, 0.05) is 16.3 Å². The fraction of sp³-hybridized carbons (Fsp3) is 0. The molecule has 0 amide bonds. The van der Waals surface area contributed by atoms with Crippen LogP contribution in [0.3, 0.4) is 0 Å². The van der Waals surface area contributed by atoms with E-state index in [9.17, 15) is 0 Å². The summed E-state index contributed by atoms with van der Waals surface area (Å²) < 4.78 is 6.33. The number of hydrogen-bond donors (Lipinski definition) is 0. The molecule has 0 unspecified atom stereocenters. The van der Waals surface area contributed by atoms with Crippen molar-refractivity contribution in [3.05, 3.63) is 182 Å². The van der Waals surface area contributed by atoms with E-state index < -0.39 is 0 Å². The molecule has 10 aromatic rings. The van der Waals surface area contributed by atoms with Gasteiger partial charge in [0.2, 0.25) is 0 Å². The van der Waals surface area contributed by atoms with Crippen molar-refractivity contribution in [3.63, 3.8) is 0 Å². The predicted molar refractivity (Wildman–Crippen MR) is 208 cm³/mol. The summed E-state index contributed by atoms with van der Waals surface area (Å²) in [5.41, 5.74) is 11.6. The summed E-state index contributed by atoms with van der Waals surface area (Å²) in [6.07, 6.45) is 0. The highest BCUT2D eigenvalue weighted by Gasteiger charge is 2.20. The second-order valence-corrected chi connectivity index (χ2v) is 12.8. The maximum Gasteiger partial charge on any atom is 0.136 e. The predicted octanol–water partition coefficient (Wildman–Crippen LogP) is 13.7. The van der Waals surface area contributed by atoms with Crippen LogP contribution in [0.5, 0.6) is 0 Å². The van der Waals surface area contributed by atoms with Crippen molar-refractivity contribution in [1.82, 2.24) is 0 Å². The fourth-order valence-electron chi connectivity index (χ4n) is 7.95. The lowest BCUT2D eigenvalue weighted by atomic mass is 9.84. The van der Waals surface area contributed by atoms with Crippen LogP contribution in [0.25, 0.3) is 98.8 Å². The van der Waals surface area contributed by atoms with Crippen molar-refractivity contribution in [2.75, 3.05) is 0 Å². The van der Waals surface area contributed by atoms with Gasteiger partial charge in [-0.1, -0.05) is 170 Å². The molecule has 0 aliphatic carbocycles. The van der Waals surface area contributed by atoms with Crippen molar-refractivity contribution < 1.29 is 4.42 Å². The Kier molecular flexibility index (Phi) is 6.25. The van der Waals surface area contributed by atoms with Crippen molar-refractivity contribution in [2.45, 2.75) is 0 Å². The Balaban J connectivity index is 1.20. The molecule has 1 nitrogen and oxygen atoms in total. The second kappa shape index (κ2) is 11.1. The van der Waals surface area contributed by atoms with Crippen LogP contribution in [-0.4, -0.2) is 0 Å². The third-order valence-corrected chi connectivity index (χ3v) is 10.1. The Morgan fingerprint density at radius 2 is 0.796 bits per heavy atom. The topological polar surface area (TPSA) is 13.1 Å². The monoisotopic (exact) mass is 622 g/mol. The molecule has 0 spiro atoms. The zero-order valence-corrected chi connectivity index (χ0v) is 26.7. The summed E-state index contributed by atoms with van der Waals surface area (Å²) >= 11 is 0. The van der Waals surface area contributed by atoms with Gasteiger partial charge in [-0.15, -0.1) is 0 Å². The normalized spacial score (nSPS) is 11.7. The number of rotatable bonds is 4. The first-order chi connectivity index (χ1) is 24.3. The fourth-order valence-corrected chi connectivity index (χ4v) is 7.95. The first-order valence-electron chi connectivity index (χ1n) is 16.9. The van der Waals surface area contributed by atoms with Crippen LogP contribution in [0.1, 0.15) is 0 Å². The SMILES string of the molecule is c1ccc(-c2c(-c3ccc(-c4c5ccccc5c(-c5cccc6ccccc56)c5ccccc45)cc3)ccc3oc4ccccc4c23)cc1. The molecule has 0 radical (unpaired) electrons. The van der Waals surface area contributed by atoms with E-state index in [1.807, 2.05) is 6.07 Å². The van der Waals surface area contributed by atoms with Crippen LogP contribution in [0, 0.1) is 0 Å². The molecule has 1 heteroatoms. The zero-order chi connectivity index (χ0) is 32.3. The van der Waals surface area contributed by atoms with Gasteiger partial charge >= 0.3 is 0 Å². The third kappa shape index (κ3) is 4.33. The third-order valence-electron chi connectivity index (χ3n) is 10.1. The molecule has 10 rings (SSSR count). The van der Waals surface area contributed by atoms with E-state index in [1.54, 1.807) is 0 Å². The van der Waals surface area contributed by atoms with Gasteiger partial charge in [-0.25, -0.2) is 0 Å². The molecule has 0 N–H and O–H groups in total. The first kappa shape index (κ1) is 27.7. The molecular weight excluding hydrogens is 593 g/mol. The molecule has 0 aliphatic heterocycles. The number of para-hydroxylation sites is 1. The van der Waals surface area contributed by atoms with Crippen molar-refractivity contribution in [1.29, 1.82) is 0 Å². The number of hydrogen-bond acceptors (Lipinski definition) is 1. The number of fused-ring (bicyclic) bond motifs is 6. The molecule has 9 aromatic carbocycles. The molecule has 0 saturated heterocycles. The van der Waals surface area contributed by atoms with Gasteiger partial charge in [-0.3, -0.25) is 0 Å². The number of benzene rings is 9. The number of furan rings is 1. The molecule has 0 aliphatic rings. The van der Waals surface area contributed by atoms with Crippen LogP contribution in [0.4, 0.5) is 0 Å². The van der Waals surface area contributed by atoms with E-state index in [0.717, 1.165) is 21.9 Å². The van der Waals surface area contributed by atoms with E-state index in [4.69, 9.17) is 4.42 Å². The quantitative estimate of drug-likeness (QED) is 0.178. The van der Waals surface area contributed by atoms with Crippen molar-refractivity contribution in [3.8, 4) is 44.5 Å². The molecule has 49 heavy (non-hydrogen) atoms. The Bertz CT molecular complexity index is 2790. The van der Waals surface area contributed by atoms with Gasteiger partial charge in [-0.2, -0.15) is 0 Å². The van der Waals surface area contributed by atoms with E-state index >= 15 is 0 Å². The van der Waals surface area contributed by atoms with Gasteiger partial charge in [0.05, 0.1) is 0 Å². The summed E-state index contributed by atoms with van der Waals surface area (Å²) in [5.74, 6) is 0. The van der Waals surface area contributed by atoms with Crippen LogP contribution < -0.4 is 0 Å². The van der Waals surface area contributed by atoms with Crippen LogP contribution in [-0.2, 0) is 0 Å². The average Bonchev–Trinajstić information content (AvgIpc) is 3.56. The lowest BCUT2D eigenvalue weighted by Gasteiger charge is -2.19. The van der Waals surface area contributed by atoms with E-state index in [2.05, 4.69) is 176 Å².